The Labute approximate surface area is 179 Å². The van der Waals surface area contributed by atoms with Gasteiger partial charge in [0.15, 0.2) is 0 Å². The molecule has 4 saturated carbocycles. The van der Waals surface area contributed by atoms with Gasteiger partial charge in [-0.05, 0) is 81.1 Å². The van der Waals surface area contributed by atoms with Gasteiger partial charge in [0, 0.05) is 12.6 Å². The Balaban J connectivity index is 1.17. The average Bonchev–Trinajstić information content (AvgIpc) is 3.08. The second-order valence-electron chi connectivity index (χ2n) is 9.93. The summed E-state index contributed by atoms with van der Waals surface area (Å²) in [5.74, 6) is 3.02. The molecule has 1 amide bonds. The molecule has 30 heavy (non-hydrogen) atoms. The summed E-state index contributed by atoms with van der Waals surface area (Å²) in [6.45, 7) is 0.601. The van der Waals surface area contributed by atoms with Gasteiger partial charge < -0.3 is 10.1 Å². The molecule has 1 N–H and O–H groups in total. The Bertz CT molecular complexity index is 854. The lowest BCUT2D eigenvalue weighted by Crippen LogP contribution is -2.59. The quantitative estimate of drug-likeness (QED) is 0.655. The van der Waals surface area contributed by atoms with Crippen molar-refractivity contribution in [1.82, 2.24) is 15.1 Å². The molecule has 1 aromatic heterocycles. The topological polar surface area (TPSA) is 56.2 Å². The number of rotatable bonds is 8. The standard InChI is InChI=1S/C25H33N3O2/c1-28-24(30-10-6-5-9-18-7-3-2-4-8-18)22(17-26-28)23(29)27-25-14-19-11-20(15-25)13-21(12-19)16-25/h2-4,7-8,17,19-21H,5-6,9-16H2,1H3,(H,27,29). The summed E-state index contributed by atoms with van der Waals surface area (Å²) in [5, 5.41) is 7.75. The Morgan fingerprint density at radius 3 is 2.43 bits per heavy atom. The minimum absolute atomic E-state index is 0.00856. The van der Waals surface area contributed by atoms with Gasteiger partial charge in [-0.2, -0.15) is 5.10 Å². The van der Waals surface area contributed by atoms with Gasteiger partial charge >= 0.3 is 0 Å². The van der Waals surface area contributed by atoms with E-state index < -0.39 is 0 Å². The van der Waals surface area contributed by atoms with Crippen molar-refractivity contribution in [1.29, 1.82) is 0 Å². The Morgan fingerprint density at radius 1 is 1.10 bits per heavy atom. The predicted octanol–water partition coefficient (Wildman–Crippen LogP) is 4.52. The molecular weight excluding hydrogens is 374 g/mol. The van der Waals surface area contributed by atoms with Crippen LogP contribution in [0, 0.1) is 17.8 Å². The smallest absolute Gasteiger partial charge is 0.258 e. The normalized spacial score (nSPS) is 29.2. The first-order valence-electron chi connectivity index (χ1n) is 11.6. The van der Waals surface area contributed by atoms with Gasteiger partial charge in [-0.25, -0.2) is 4.68 Å². The van der Waals surface area contributed by atoms with E-state index in [-0.39, 0.29) is 11.4 Å². The largest absolute Gasteiger partial charge is 0.477 e. The number of nitrogens with zero attached hydrogens (tertiary/aromatic N) is 2. The first-order chi connectivity index (χ1) is 14.6. The summed E-state index contributed by atoms with van der Waals surface area (Å²) in [6.07, 6.45) is 12.3. The Kier molecular flexibility index (Phi) is 5.30. The maximum atomic E-state index is 13.2. The van der Waals surface area contributed by atoms with E-state index in [1.165, 1.54) is 24.8 Å². The number of aryl methyl sites for hydroxylation is 2. The molecule has 0 aliphatic heterocycles. The van der Waals surface area contributed by atoms with Crippen molar-refractivity contribution in [2.24, 2.45) is 24.8 Å². The van der Waals surface area contributed by atoms with Crippen LogP contribution in [-0.4, -0.2) is 27.8 Å². The zero-order valence-electron chi connectivity index (χ0n) is 18.0. The minimum atomic E-state index is -0.00987. The number of benzene rings is 1. The molecule has 0 atom stereocenters. The molecule has 0 saturated heterocycles. The molecule has 160 valence electrons. The van der Waals surface area contributed by atoms with Gasteiger partial charge in [0.05, 0.1) is 12.8 Å². The second kappa shape index (κ2) is 8.09. The zero-order chi connectivity index (χ0) is 20.6. The van der Waals surface area contributed by atoms with Crippen LogP contribution in [0.25, 0.3) is 0 Å². The van der Waals surface area contributed by atoms with Crippen LogP contribution in [0.4, 0.5) is 0 Å². The van der Waals surface area contributed by atoms with Crippen molar-refractivity contribution in [3.63, 3.8) is 0 Å². The van der Waals surface area contributed by atoms with Crippen molar-refractivity contribution in [2.75, 3.05) is 6.61 Å². The fraction of sp³-hybridized carbons (Fsp3) is 0.600. The molecule has 1 heterocycles. The van der Waals surface area contributed by atoms with Crippen molar-refractivity contribution in [3.8, 4) is 5.88 Å². The number of ether oxygens (including phenoxy) is 1. The lowest BCUT2D eigenvalue weighted by molar-refractivity contribution is -0.0167. The fourth-order valence-electron chi connectivity index (χ4n) is 6.57. The van der Waals surface area contributed by atoms with Gasteiger partial charge in [0.25, 0.3) is 5.91 Å². The van der Waals surface area contributed by atoms with E-state index >= 15 is 0 Å². The molecule has 1 aromatic carbocycles. The predicted molar refractivity (Wildman–Crippen MR) is 116 cm³/mol. The molecule has 5 nitrogen and oxygen atoms in total. The summed E-state index contributed by atoms with van der Waals surface area (Å²) in [4.78, 5) is 13.2. The molecule has 4 aliphatic rings. The van der Waals surface area contributed by atoms with Gasteiger partial charge in [-0.15, -0.1) is 0 Å². The van der Waals surface area contributed by atoms with Crippen LogP contribution in [0.5, 0.6) is 5.88 Å². The van der Waals surface area contributed by atoms with Crippen molar-refractivity contribution in [3.05, 3.63) is 47.7 Å². The third-order valence-electron chi connectivity index (χ3n) is 7.49. The minimum Gasteiger partial charge on any atom is -0.477 e. The van der Waals surface area contributed by atoms with E-state index in [1.807, 2.05) is 13.1 Å². The van der Waals surface area contributed by atoms with Crippen LogP contribution < -0.4 is 10.1 Å². The monoisotopic (exact) mass is 407 g/mol. The summed E-state index contributed by atoms with van der Waals surface area (Å²) in [6, 6.07) is 10.5. The number of hydrogen-bond acceptors (Lipinski definition) is 3. The number of hydrogen-bond donors (Lipinski definition) is 1. The highest BCUT2D eigenvalue weighted by molar-refractivity contribution is 5.96. The van der Waals surface area contributed by atoms with E-state index in [4.69, 9.17) is 4.74 Å². The Morgan fingerprint density at radius 2 is 1.77 bits per heavy atom. The molecule has 4 bridgehead atoms. The van der Waals surface area contributed by atoms with E-state index in [0.29, 0.717) is 18.1 Å². The summed E-state index contributed by atoms with van der Waals surface area (Å²) < 4.78 is 7.71. The van der Waals surface area contributed by atoms with Crippen molar-refractivity contribution >= 4 is 5.91 Å². The second-order valence-corrected chi connectivity index (χ2v) is 9.93. The summed E-state index contributed by atoms with van der Waals surface area (Å²) in [7, 11) is 1.85. The zero-order valence-corrected chi connectivity index (χ0v) is 18.0. The van der Waals surface area contributed by atoms with Crippen LogP contribution >= 0.6 is 0 Å². The van der Waals surface area contributed by atoms with Crippen molar-refractivity contribution < 1.29 is 9.53 Å². The van der Waals surface area contributed by atoms with E-state index in [9.17, 15) is 4.79 Å². The number of carbonyl (C=O) groups is 1. The van der Waals surface area contributed by atoms with Crippen LogP contribution in [0.1, 0.15) is 67.3 Å². The molecule has 0 unspecified atom stereocenters. The number of aromatic nitrogens is 2. The highest BCUT2D eigenvalue weighted by atomic mass is 16.5. The first-order valence-corrected chi connectivity index (χ1v) is 11.6. The molecule has 0 radical (unpaired) electrons. The van der Waals surface area contributed by atoms with Gasteiger partial charge in [-0.1, -0.05) is 30.3 Å². The molecule has 2 aromatic rings. The number of unbranched alkanes of at least 4 members (excludes halogenated alkanes) is 1. The number of nitrogens with one attached hydrogen (secondary N) is 1. The van der Waals surface area contributed by atoms with Crippen LogP contribution in [-0.2, 0) is 13.5 Å². The van der Waals surface area contributed by atoms with Gasteiger partial charge in [0.1, 0.15) is 5.56 Å². The number of carbonyl (C=O) groups excluding carboxylic acids is 1. The molecule has 0 spiro atoms. The molecule has 4 aliphatic carbocycles. The summed E-state index contributed by atoms with van der Waals surface area (Å²) in [5.41, 5.74) is 1.94. The number of amides is 1. The van der Waals surface area contributed by atoms with E-state index in [2.05, 4.69) is 34.7 Å². The summed E-state index contributed by atoms with van der Waals surface area (Å²) >= 11 is 0. The van der Waals surface area contributed by atoms with Crippen LogP contribution in [0.3, 0.4) is 0 Å². The Hall–Kier alpha value is -2.30. The lowest BCUT2D eigenvalue weighted by atomic mass is 9.53. The average molecular weight is 408 g/mol. The van der Waals surface area contributed by atoms with Gasteiger partial charge in [-0.3, -0.25) is 4.79 Å². The van der Waals surface area contributed by atoms with E-state index in [1.54, 1.807) is 10.9 Å². The maximum absolute atomic E-state index is 13.2. The van der Waals surface area contributed by atoms with Gasteiger partial charge in [0.2, 0.25) is 5.88 Å². The van der Waals surface area contributed by atoms with E-state index in [0.717, 1.165) is 56.3 Å². The molecular formula is C25H33N3O2. The maximum Gasteiger partial charge on any atom is 0.258 e. The fourth-order valence-corrected chi connectivity index (χ4v) is 6.57. The molecule has 5 heteroatoms. The third-order valence-corrected chi connectivity index (χ3v) is 7.49. The highest BCUT2D eigenvalue weighted by Crippen LogP contribution is 2.55. The highest BCUT2D eigenvalue weighted by Gasteiger charge is 2.51. The molecule has 4 fully saturated rings. The molecule has 6 rings (SSSR count). The van der Waals surface area contributed by atoms with Crippen molar-refractivity contribution in [2.45, 2.75) is 63.3 Å². The van der Waals surface area contributed by atoms with Crippen LogP contribution in [0.2, 0.25) is 0 Å². The third kappa shape index (κ3) is 3.99. The first kappa shape index (κ1) is 19.7. The SMILES string of the molecule is Cn1ncc(C(=O)NC23CC4CC(CC(C4)C2)C3)c1OCCCCc1ccccc1. The lowest BCUT2D eigenvalue weighted by Gasteiger charge is -2.56. The van der Waals surface area contributed by atoms with Crippen LogP contribution in [0.15, 0.2) is 36.5 Å².